The molecule has 0 aromatic heterocycles. The number of hydrogen-bond acceptors (Lipinski definition) is 3. The number of nitrogens with one attached hydrogen (secondary N) is 1. The summed E-state index contributed by atoms with van der Waals surface area (Å²) in [5.74, 6) is 2.51. The van der Waals surface area contributed by atoms with Crippen molar-refractivity contribution in [2.24, 2.45) is 5.92 Å². The lowest BCUT2D eigenvalue weighted by Crippen LogP contribution is -2.13. The number of benzene rings is 1. The molecule has 0 bridgehead atoms. The third kappa shape index (κ3) is 1.57. The summed E-state index contributed by atoms with van der Waals surface area (Å²) in [5.41, 5.74) is 1.31. The van der Waals surface area contributed by atoms with E-state index >= 15 is 0 Å². The second-order valence-electron chi connectivity index (χ2n) is 4.41. The number of hydrogen-bond donors (Lipinski definition) is 1. The fourth-order valence-electron chi connectivity index (χ4n) is 2.30. The van der Waals surface area contributed by atoms with Crippen molar-refractivity contribution in [2.75, 3.05) is 13.3 Å². The molecule has 2 aliphatic rings. The molecule has 0 radical (unpaired) electrons. The molecule has 2 aliphatic heterocycles. The highest BCUT2D eigenvalue weighted by Gasteiger charge is 2.23. The van der Waals surface area contributed by atoms with Crippen molar-refractivity contribution in [1.82, 2.24) is 5.32 Å². The zero-order valence-corrected chi connectivity index (χ0v) is 8.82. The fourth-order valence-corrected chi connectivity index (χ4v) is 2.30. The Morgan fingerprint density at radius 3 is 2.93 bits per heavy atom. The average Bonchev–Trinajstić information content (AvgIpc) is 2.84. The molecule has 0 spiro atoms. The Morgan fingerprint density at radius 1 is 1.27 bits per heavy atom. The summed E-state index contributed by atoms with van der Waals surface area (Å²) in [7, 11) is 0. The highest BCUT2D eigenvalue weighted by molar-refractivity contribution is 5.45. The van der Waals surface area contributed by atoms with E-state index in [1.165, 1.54) is 12.0 Å². The minimum atomic E-state index is 0.354. The molecule has 3 nitrogen and oxygen atoms in total. The Morgan fingerprint density at radius 2 is 2.13 bits per heavy atom. The molecule has 0 amide bonds. The normalized spacial score (nSPS) is 28.3. The lowest BCUT2D eigenvalue weighted by molar-refractivity contribution is 0.174. The number of fused-ring (bicyclic) bond motifs is 1. The van der Waals surface area contributed by atoms with Crippen molar-refractivity contribution in [3.8, 4) is 11.5 Å². The minimum absolute atomic E-state index is 0.354. The first-order valence-electron chi connectivity index (χ1n) is 5.46. The van der Waals surface area contributed by atoms with E-state index in [2.05, 4.69) is 24.4 Å². The van der Waals surface area contributed by atoms with Gasteiger partial charge in [-0.05, 0) is 36.6 Å². The first-order valence-corrected chi connectivity index (χ1v) is 5.46. The van der Waals surface area contributed by atoms with Crippen molar-refractivity contribution < 1.29 is 9.47 Å². The predicted molar refractivity (Wildman–Crippen MR) is 57.1 cm³/mol. The van der Waals surface area contributed by atoms with E-state index in [1.54, 1.807) is 0 Å². The van der Waals surface area contributed by atoms with Crippen LogP contribution in [0.5, 0.6) is 11.5 Å². The van der Waals surface area contributed by atoms with Crippen LogP contribution in [0.1, 0.15) is 24.9 Å². The second-order valence-corrected chi connectivity index (χ2v) is 4.41. The van der Waals surface area contributed by atoms with Gasteiger partial charge in [0.15, 0.2) is 11.5 Å². The van der Waals surface area contributed by atoms with Gasteiger partial charge in [-0.25, -0.2) is 0 Å². The Balaban J connectivity index is 1.87. The molecule has 3 rings (SSSR count). The summed E-state index contributed by atoms with van der Waals surface area (Å²) >= 11 is 0. The van der Waals surface area contributed by atoms with E-state index < -0.39 is 0 Å². The maximum atomic E-state index is 5.38. The molecule has 1 aromatic carbocycles. The Bertz CT molecular complexity index is 378. The molecular weight excluding hydrogens is 190 g/mol. The highest BCUT2D eigenvalue weighted by atomic mass is 16.7. The van der Waals surface area contributed by atoms with Crippen molar-refractivity contribution in [2.45, 2.75) is 19.4 Å². The molecule has 1 N–H and O–H groups in total. The van der Waals surface area contributed by atoms with E-state index in [0.717, 1.165) is 24.0 Å². The summed E-state index contributed by atoms with van der Waals surface area (Å²) in [6, 6.07) is 6.71. The first kappa shape index (κ1) is 9.04. The van der Waals surface area contributed by atoms with Gasteiger partial charge in [-0.2, -0.15) is 0 Å². The Kier molecular flexibility index (Phi) is 2.06. The first-order chi connectivity index (χ1) is 7.33. The zero-order chi connectivity index (χ0) is 10.3. The van der Waals surface area contributed by atoms with E-state index in [4.69, 9.17) is 9.47 Å². The molecule has 1 saturated heterocycles. The molecule has 80 valence electrons. The topological polar surface area (TPSA) is 30.5 Å². The SMILES string of the molecule is CC1CNC(c2ccc3c(c2)OCO3)C1. The van der Waals surface area contributed by atoms with Crippen molar-refractivity contribution in [3.05, 3.63) is 23.8 Å². The van der Waals surface area contributed by atoms with Gasteiger partial charge in [0.05, 0.1) is 0 Å². The third-order valence-electron chi connectivity index (χ3n) is 3.15. The molecule has 1 aromatic rings. The quantitative estimate of drug-likeness (QED) is 0.761. The molecule has 1 fully saturated rings. The van der Waals surface area contributed by atoms with E-state index in [1.807, 2.05) is 6.07 Å². The molecule has 0 saturated carbocycles. The molecule has 3 heteroatoms. The van der Waals surface area contributed by atoms with Crippen LogP contribution >= 0.6 is 0 Å². The smallest absolute Gasteiger partial charge is 0.231 e. The molecule has 2 atom stereocenters. The Hall–Kier alpha value is -1.22. The molecule has 15 heavy (non-hydrogen) atoms. The molecule has 2 heterocycles. The van der Waals surface area contributed by atoms with Crippen LogP contribution in [-0.4, -0.2) is 13.3 Å². The fraction of sp³-hybridized carbons (Fsp3) is 0.500. The van der Waals surface area contributed by atoms with Gasteiger partial charge in [0.2, 0.25) is 6.79 Å². The van der Waals surface area contributed by atoms with E-state index in [0.29, 0.717) is 12.8 Å². The van der Waals surface area contributed by atoms with Gasteiger partial charge in [-0.15, -0.1) is 0 Å². The Labute approximate surface area is 89.4 Å². The molecule has 2 unspecified atom stereocenters. The third-order valence-corrected chi connectivity index (χ3v) is 3.15. The summed E-state index contributed by atoms with van der Waals surface area (Å²) in [4.78, 5) is 0. The van der Waals surface area contributed by atoms with Gasteiger partial charge in [0, 0.05) is 6.04 Å². The zero-order valence-electron chi connectivity index (χ0n) is 8.82. The summed E-state index contributed by atoms with van der Waals surface area (Å²) in [5, 5.41) is 3.52. The minimum Gasteiger partial charge on any atom is -0.454 e. The van der Waals surface area contributed by atoms with Crippen LogP contribution in [0.2, 0.25) is 0 Å². The largest absolute Gasteiger partial charge is 0.454 e. The van der Waals surface area contributed by atoms with Gasteiger partial charge in [-0.1, -0.05) is 13.0 Å². The van der Waals surface area contributed by atoms with Gasteiger partial charge < -0.3 is 14.8 Å². The highest BCUT2D eigenvalue weighted by Crippen LogP contribution is 2.36. The van der Waals surface area contributed by atoms with Crippen molar-refractivity contribution >= 4 is 0 Å². The van der Waals surface area contributed by atoms with Crippen LogP contribution in [0, 0.1) is 5.92 Å². The van der Waals surface area contributed by atoms with Crippen LogP contribution in [-0.2, 0) is 0 Å². The molecule has 0 aliphatic carbocycles. The van der Waals surface area contributed by atoms with Crippen LogP contribution in [0.4, 0.5) is 0 Å². The van der Waals surface area contributed by atoms with E-state index in [-0.39, 0.29) is 0 Å². The van der Waals surface area contributed by atoms with Crippen LogP contribution < -0.4 is 14.8 Å². The molecular formula is C12H15NO2. The number of rotatable bonds is 1. The summed E-state index contributed by atoms with van der Waals surface area (Å²) in [6.45, 7) is 3.74. The second kappa shape index (κ2) is 3.42. The van der Waals surface area contributed by atoms with Crippen LogP contribution in [0.3, 0.4) is 0 Å². The lowest BCUT2D eigenvalue weighted by atomic mass is 10.0. The summed E-state index contributed by atoms with van der Waals surface area (Å²) < 4.78 is 10.7. The predicted octanol–water partition coefficient (Wildman–Crippen LogP) is 2.09. The van der Waals surface area contributed by atoms with Gasteiger partial charge in [0.25, 0.3) is 0 Å². The maximum absolute atomic E-state index is 5.38. The summed E-state index contributed by atoms with van der Waals surface area (Å²) in [6.07, 6.45) is 1.21. The van der Waals surface area contributed by atoms with Gasteiger partial charge in [0.1, 0.15) is 0 Å². The van der Waals surface area contributed by atoms with E-state index in [9.17, 15) is 0 Å². The van der Waals surface area contributed by atoms with Crippen molar-refractivity contribution in [1.29, 1.82) is 0 Å². The maximum Gasteiger partial charge on any atom is 0.231 e. The average molecular weight is 205 g/mol. The lowest BCUT2D eigenvalue weighted by Gasteiger charge is -2.11. The monoisotopic (exact) mass is 205 g/mol. The van der Waals surface area contributed by atoms with Gasteiger partial charge in [-0.3, -0.25) is 0 Å². The van der Waals surface area contributed by atoms with Crippen molar-refractivity contribution in [3.63, 3.8) is 0 Å². The van der Waals surface area contributed by atoms with Gasteiger partial charge >= 0.3 is 0 Å². The number of ether oxygens (including phenoxy) is 2. The standard InChI is InChI=1S/C12H15NO2/c1-8-4-10(13-6-8)9-2-3-11-12(5-9)15-7-14-11/h2-3,5,8,10,13H,4,6-7H2,1H3. The van der Waals surface area contributed by atoms with Crippen LogP contribution in [0.15, 0.2) is 18.2 Å². The van der Waals surface area contributed by atoms with Crippen LogP contribution in [0.25, 0.3) is 0 Å².